The Hall–Kier alpha value is -6.16. The summed E-state index contributed by atoms with van der Waals surface area (Å²) in [6.07, 6.45) is 0. The zero-order valence-corrected chi connectivity index (χ0v) is 27.2. The summed E-state index contributed by atoms with van der Waals surface area (Å²) < 4.78 is 9.30. The average molecular weight is 642 g/mol. The first kappa shape index (κ1) is 26.9. The third kappa shape index (κ3) is 3.88. The molecule has 0 N–H and O–H groups in total. The predicted molar refractivity (Wildman–Crippen MR) is 211 cm³/mol. The summed E-state index contributed by atoms with van der Waals surface area (Å²) in [6, 6.07) is 59.6. The summed E-state index contributed by atoms with van der Waals surface area (Å²) in [5, 5.41) is 14.6. The molecule has 228 valence electrons. The van der Waals surface area contributed by atoms with Gasteiger partial charge < -0.3 is 9.32 Å². The normalized spacial score (nSPS) is 12.1. The summed E-state index contributed by atoms with van der Waals surface area (Å²) in [6.45, 7) is 0. The summed E-state index contributed by atoms with van der Waals surface area (Å²) in [4.78, 5) is 2.45. The van der Waals surface area contributed by atoms with E-state index >= 15 is 0 Å². The molecule has 0 saturated heterocycles. The minimum Gasteiger partial charge on any atom is -0.455 e. The van der Waals surface area contributed by atoms with Gasteiger partial charge in [0.25, 0.3) is 0 Å². The van der Waals surface area contributed by atoms with Crippen molar-refractivity contribution in [1.29, 1.82) is 0 Å². The van der Waals surface area contributed by atoms with Crippen LogP contribution < -0.4 is 4.90 Å². The summed E-state index contributed by atoms with van der Waals surface area (Å²) in [5.41, 5.74) is 5.15. The SMILES string of the molecule is c1ccc2c(c1)ccc1c3cccc(N(c4ccc5sc6ccccc6c5c4)c4cccc5oc6c7ccccc7ccc6c45)c3ccc21. The molecule has 2 aromatic heterocycles. The van der Waals surface area contributed by atoms with Crippen LogP contribution in [0, 0.1) is 0 Å². The molecule has 9 aromatic carbocycles. The molecular formula is C46H27NOS. The van der Waals surface area contributed by atoms with Crippen molar-refractivity contribution in [3.05, 3.63) is 164 Å². The Morgan fingerprint density at radius 2 is 1.00 bits per heavy atom. The van der Waals surface area contributed by atoms with Crippen LogP contribution in [0.15, 0.2) is 168 Å². The first-order valence-electron chi connectivity index (χ1n) is 16.7. The molecule has 2 nitrogen and oxygen atoms in total. The molecule has 3 heteroatoms. The fraction of sp³-hybridized carbons (Fsp3) is 0. The summed E-state index contributed by atoms with van der Waals surface area (Å²) in [5.74, 6) is 0. The van der Waals surface area contributed by atoms with Crippen molar-refractivity contribution in [2.24, 2.45) is 0 Å². The fourth-order valence-corrected chi connectivity index (χ4v) is 9.10. The number of hydrogen-bond donors (Lipinski definition) is 0. The molecule has 0 atom stereocenters. The molecule has 0 spiro atoms. The second kappa shape index (κ2) is 10.2. The van der Waals surface area contributed by atoms with E-state index in [0.717, 1.165) is 44.4 Å². The van der Waals surface area contributed by atoms with Crippen LogP contribution in [0.4, 0.5) is 17.1 Å². The van der Waals surface area contributed by atoms with Crippen LogP contribution >= 0.6 is 11.3 Å². The lowest BCUT2D eigenvalue weighted by atomic mass is 9.95. The Morgan fingerprint density at radius 3 is 1.90 bits per heavy atom. The fourth-order valence-electron chi connectivity index (χ4n) is 8.02. The number of furan rings is 1. The second-order valence-electron chi connectivity index (χ2n) is 12.8. The average Bonchev–Trinajstić information content (AvgIpc) is 3.74. The lowest BCUT2D eigenvalue weighted by molar-refractivity contribution is 0.672. The molecule has 0 fully saturated rings. The van der Waals surface area contributed by atoms with Crippen molar-refractivity contribution < 1.29 is 4.42 Å². The van der Waals surface area contributed by atoms with Crippen LogP contribution in [0.2, 0.25) is 0 Å². The third-order valence-electron chi connectivity index (χ3n) is 10.2. The van der Waals surface area contributed by atoms with Crippen LogP contribution in [-0.4, -0.2) is 0 Å². The maximum absolute atomic E-state index is 6.70. The number of thiophene rings is 1. The van der Waals surface area contributed by atoms with Crippen LogP contribution in [0.5, 0.6) is 0 Å². The predicted octanol–water partition coefficient (Wildman–Crippen LogP) is 14.0. The Labute approximate surface area is 285 Å². The van der Waals surface area contributed by atoms with Gasteiger partial charge in [0.2, 0.25) is 0 Å². The highest BCUT2D eigenvalue weighted by molar-refractivity contribution is 7.25. The lowest BCUT2D eigenvalue weighted by Gasteiger charge is -2.28. The van der Waals surface area contributed by atoms with E-state index in [9.17, 15) is 0 Å². The molecule has 49 heavy (non-hydrogen) atoms. The Kier molecular flexibility index (Phi) is 5.57. The number of anilines is 3. The molecule has 0 unspecified atom stereocenters. The standard InChI is InChI=1S/C46H27NOS/c1-3-11-31-28(9-1)19-22-35-33-14-7-15-40(36(33)25-24-34(31)35)47(30-21-26-44-39(27-30)37-13-5-6-18-43(37)49-44)41-16-8-17-42-45(41)38-23-20-29-10-2-4-12-32(29)46(38)48-42/h1-27H. The Morgan fingerprint density at radius 1 is 0.388 bits per heavy atom. The molecule has 0 bridgehead atoms. The van der Waals surface area contributed by atoms with Gasteiger partial charge in [0.15, 0.2) is 0 Å². The zero-order valence-electron chi connectivity index (χ0n) is 26.4. The van der Waals surface area contributed by atoms with E-state index < -0.39 is 0 Å². The van der Waals surface area contributed by atoms with Crippen LogP contribution in [0.3, 0.4) is 0 Å². The smallest absolute Gasteiger partial charge is 0.143 e. The van der Waals surface area contributed by atoms with Crippen LogP contribution in [-0.2, 0) is 0 Å². The number of benzene rings is 9. The maximum Gasteiger partial charge on any atom is 0.143 e. The van der Waals surface area contributed by atoms with Gasteiger partial charge in [-0.25, -0.2) is 0 Å². The van der Waals surface area contributed by atoms with E-state index in [1.807, 2.05) is 11.3 Å². The zero-order chi connectivity index (χ0) is 32.1. The van der Waals surface area contributed by atoms with Gasteiger partial charge in [-0.3, -0.25) is 0 Å². The Bertz CT molecular complexity index is 3130. The van der Waals surface area contributed by atoms with Gasteiger partial charge in [0.05, 0.1) is 16.8 Å². The molecule has 0 aliphatic heterocycles. The van der Waals surface area contributed by atoms with Crippen LogP contribution in [0.1, 0.15) is 0 Å². The first-order chi connectivity index (χ1) is 24.3. The summed E-state index contributed by atoms with van der Waals surface area (Å²) >= 11 is 1.85. The number of fused-ring (bicyclic) bond motifs is 13. The van der Waals surface area contributed by atoms with Gasteiger partial charge in [-0.1, -0.05) is 115 Å². The minimum atomic E-state index is 0.882. The molecule has 0 aliphatic carbocycles. The maximum atomic E-state index is 6.70. The van der Waals surface area contributed by atoms with Crippen molar-refractivity contribution in [2.75, 3.05) is 4.90 Å². The van der Waals surface area contributed by atoms with Crippen molar-refractivity contribution in [1.82, 2.24) is 0 Å². The van der Waals surface area contributed by atoms with Gasteiger partial charge >= 0.3 is 0 Å². The van der Waals surface area contributed by atoms with Crippen molar-refractivity contribution in [3.8, 4) is 0 Å². The van der Waals surface area contributed by atoms with E-state index in [1.165, 1.54) is 57.9 Å². The number of hydrogen-bond acceptors (Lipinski definition) is 3. The highest BCUT2D eigenvalue weighted by Crippen LogP contribution is 2.48. The number of rotatable bonds is 3. The van der Waals surface area contributed by atoms with Crippen molar-refractivity contribution >= 4 is 114 Å². The van der Waals surface area contributed by atoms with E-state index in [-0.39, 0.29) is 0 Å². The number of nitrogens with zero attached hydrogens (tertiary/aromatic N) is 1. The minimum absolute atomic E-state index is 0.882. The molecular weight excluding hydrogens is 615 g/mol. The quantitative estimate of drug-likeness (QED) is 0.179. The highest BCUT2D eigenvalue weighted by atomic mass is 32.1. The van der Waals surface area contributed by atoms with E-state index in [4.69, 9.17) is 4.42 Å². The molecule has 11 aromatic rings. The molecule has 2 heterocycles. The van der Waals surface area contributed by atoms with Gasteiger partial charge in [0.1, 0.15) is 11.2 Å². The second-order valence-corrected chi connectivity index (χ2v) is 13.9. The highest BCUT2D eigenvalue weighted by Gasteiger charge is 2.23. The first-order valence-corrected chi connectivity index (χ1v) is 17.5. The molecule has 0 saturated carbocycles. The van der Waals surface area contributed by atoms with E-state index in [2.05, 4.69) is 169 Å². The largest absolute Gasteiger partial charge is 0.455 e. The lowest BCUT2D eigenvalue weighted by Crippen LogP contribution is -2.11. The van der Waals surface area contributed by atoms with E-state index in [0.29, 0.717) is 0 Å². The molecule has 11 rings (SSSR count). The van der Waals surface area contributed by atoms with Gasteiger partial charge in [-0.05, 0) is 80.8 Å². The van der Waals surface area contributed by atoms with Crippen molar-refractivity contribution in [3.63, 3.8) is 0 Å². The van der Waals surface area contributed by atoms with Gasteiger partial charge in [0, 0.05) is 42.0 Å². The van der Waals surface area contributed by atoms with Gasteiger partial charge in [-0.15, -0.1) is 11.3 Å². The van der Waals surface area contributed by atoms with Gasteiger partial charge in [-0.2, -0.15) is 0 Å². The van der Waals surface area contributed by atoms with E-state index in [1.54, 1.807) is 0 Å². The van der Waals surface area contributed by atoms with Crippen LogP contribution in [0.25, 0.3) is 85.2 Å². The monoisotopic (exact) mass is 641 g/mol. The summed E-state index contributed by atoms with van der Waals surface area (Å²) in [7, 11) is 0. The third-order valence-corrected chi connectivity index (χ3v) is 11.4. The molecule has 0 aliphatic rings. The van der Waals surface area contributed by atoms with Crippen molar-refractivity contribution in [2.45, 2.75) is 0 Å². The topological polar surface area (TPSA) is 16.4 Å². The Balaban J connectivity index is 1.25. The molecule has 0 radical (unpaired) electrons. The molecule has 0 amide bonds.